The number of hydrogen-bond donors (Lipinski definition) is 1. The lowest BCUT2D eigenvalue weighted by molar-refractivity contribution is -0.139. The number of nitrogens with zero attached hydrogens (tertiary/aromatic N) is 3. The van der Waals surface area contributed by atoms with Crippen molar-refractivity contribution in [1.29, 1.82) is 0 Å². The van der Waals surface area contributed by atoms with Crippen molar-refractivity contribution >= 4 is 11.8 Å². The largest absolute Gasteiger partial charge is 0.395 e. The number of carbonyl (C=O) groups is 2. The SMILES string of the molecule is CC(=O)N1CCN(C(=O)CN2CCCCCC2CO)CC1. The van der Waals surface area contributed by atoms with Crippen LogP contribution in [-0.2, 0) is 9.59 Å². The lowest BCUT2D eigenvalue weighted by Gasteiger charge is -2.36. The molecule has 0 spiro atoms. The Labute approximate surface area is 126 Å². The van der Waals surface area contributed by atoms with Gasteiger partial charge in [0.15, 0.2) is 0 Å². The van der Waals surface area contributed by atoms with Crippen LogP contribution in [0.2, 0.25) is 0 Å². The summed E-state index contributed by atoms with van der Waals surface area (Å²) in [5.74, 6) is 0.202. The minimum absolute atomic E-state index is 0.0787. The van der Waals surface area contributed by atoms with Crippen LogP contribution in [0.5, 0.6) is 0 Å². The van der Waals surface area contributed by atoms with E-state index in [-0.39, 0.29) is 24.5 Å². The van der Waals surface area contributed by atoms with Gasteiger partial charge in [0.25, 0.3) is 0 Å². The molecule has 2 fully saturated rings. The number of aliphatic hydroxyl groups excluding tert-OH is 1. The molecule has 0 aromatic heterocycles. The zero-order chi connectivity index (χ0) is 15.2. The van der Waals surface area contributed by atoms with Crippen LogP contribution in [0.3, 0.4) is 0 Å². The van der Waals surface area contributed by atoms with Gasteiger partial charge in [-0.3, -0.25) is 14.5 Å². The van der Waals surface area contributed by atoms with Crippen LogP contribution in [0.25, 0.3) is 0 Å². The molecule has 2 heterocycles. The zero-order valence-electron chi connectivity index (χ0n) is 13.0. The van der Waals surface area contributed by atoms with Gasteiger partial charge >= 0.3 is 0 Å². The van der Waals surface area contributed by atoms with Crippen molar-refractivity contribution < 1.29 is 14.7 Å². The minimum Gasteiger partial charge on any atom is -0.395 e. The average Bonchev–Trinajstić information content (AvgIpc) is 2.72. The second kappa shape index (κ2) is 7.75. The highest BCUT2D eigenvalue weighted by Gasteiger charge is 2.27. The van der Waals surface area contributed by atoms with Crippen LogP contribution in [-0.4, -0.2) is 83.5 Å². The van der Waals surface area contributed by atoms with Gasteiger partial charge in [-0.15, -0.1) is 0 Å². The van der Waals surface area contributed by atoms with E-state index >= 15 is 0 Å². The Morgan fingerprint density at radius 2 is 1.67 bits per heavy atom. The van der Waals surface area contributed by atoms with E-state index in [9.17, 15) is 14.7 Å². The van der Waals surface area contributed by atoms with E-state index in [0.29, 0.717) is 32.7 Å². The van der Waals surface area contributed by atoms with Gasteiger partial charge < -0.3 is 14.9 Å². The molecule has 0 aromatic rings. The Kier molecular flexibility index (Phi) is 5.99. The van der Waals surface area contributed by atoms with Gasteiger partial charge in [-0.2, -0.15) is 0 Å². The number of rotatable bonds is 3. The van der Waals surface area contributed by atoms with E-state index in [0.717, 1.165) is 25.8 Å². The molecule has 2 rings (SSSR count). The molecule has 0 saturated carbocycles. The van der Waals surface area contributed by atoms with Gasteiger partial charge in [0, 0.05) is 39.1 Å². The molecule has 2 aliphatic heterocycles. The van der Waals surface area contributed by atoms with E-state index in [1.54, 1.807) is 11.8 Å². The molecule has 6 nitrogen and oxygen atoms in total. The first-order chi connectivity index (χ1) is 10.1. The third-order valence-electron chi connectivity index (χ3n) is 4.63. The van der Waals surface area contributed by atoms with Crippen LogP contribution in [0.15, 0.2) is 0 Å². The molecule has 1 atom stereocenters. The highest BCUT2D eigenvalue weighted by atomic mass is 16.3. The summed E-state index contributed by atoms with van der Waals surface area (Å²) in [6, 6.07) is 0.120. The molecule has 0 bridgehead atoms. The lowest BCUT2D eigenvalue weighted by Crippen LogP contribution is -2.53. The Morgan fingerprint density at radius 1 is 1.00 bits per heavy atom. The van der Waals surface area contributed by atoms with Gasteiger partial charge in [-0.05, 0) is 19.4 Å². The van der Waals surface area contributed by atoms with Gasteiger partial charge in [0.2, 0.25) is 11.8 Å². The number of carbonyl (C=O) groups excluding carboxylic acids is 2. The second-order valence-corrected chi connectivity index (χ2v) is 6.04. The predicted molar refractivity (Wildman–Crippen MR) is 79.7 cm³/mol. The van der Waals surface area contributed by atoms with Crippen molar-refractivity contribution in [2.75, 3.05) is 45.9 Å². The molecular formula is C15H27N3O3. The van der Waals surface area contributed by atoms with Gasteiger partial charge in [0.1, 0.15) is 0 Å². The van der Waals surface area contributed by atoms with Crippen molar-refractivity contribution in [2.24, 2.45) is 0 Å². The number of aliphatic hydroxyl groups is 1. The second-order valence-electron chi connectivity index (χ2n) is 6.04. The highest BCUT2D eigenvalue weighted by Crippen LogP contribution is 2.16. The van der Waals surface area contributed by atoms with Crippen molar-refractivity contribution in [3.63, 3.8) is 0 Å². The summed E-state index contributed by atoms with van der Waals surface area (Å²) in [7, 11) is 0. The molecule has 1 unspecified atom stereocenters. The van der Waals surface area contributed by atoms with E-state index in [1.165, 1.54) is 6.42 Å². The zero-order valence-corrected chi connectivity index (χ0v) is 13.0. The third kappa shape index (κ3) is 4.41. The molecule has 0 aromatic carbocycles. The van der Waals surface area contributed by atoms with E-state index in [4.69, 9.17) is 0 Å². The number of amides is 2. The smallest absolute Gasteiger partial charge is 0.236 e. The molecule has 0 aliphatic carbocycles. The molecule has 21 heavy (non-hydrogen) atoms. The Morgan fingerprint density at radius 3 is 2.29 bits per heavy atom. The summed E-state index contributed by atoms with van der Waals surface area (Å²) in [6.45, 7) is 5.49. The Balaban J connectivity index is 1.84. The molecule has 2 amide bonds. The lowest BCUT2D eigenvalue weighted by atomic mass is 10.1. The number of likely N-dealkylation sites (tertiary alicyclic amines) is 1. The van der Waals surface area contributed by atoms with Gasteiger partial charge in [-0.25, -0.2) is 0 Å². The van der Waals surface area contributed by atoms with Crippen LogP contribution in [0.4, 0.5) is 0 Å². The third-order valence-corrected chi connectivity index (χ3v) is 4.63. The molecule has 2 saturated heterocycles. The molecule has 1 N–H and O–H groups in total. The summed E-state index contributed by atoms with van der Waals surface area (Å²) in [5.41, 5.74) is 0. The van der Waals surface area contributed by atoms with Crippen molar-refractivity contribution in [3.05, 3.63) is 0 Å². The van der Waals surface area contributed by atoms with Gasteiger partial charge in [-0.1, -0.05) is 12.8 Å². The summed E-state index contributed by atoms with van der Waals surface area (Å²) >= 11 is 0. The van der Waals surface area contributed by atoms with Crippen molar-refractivity contribution in [1.82, 2.24) is 14.7 Å². The highest BCUT2D eigenvalue weighted by molar-refractivity contribution is 5.79. The topological polar surface area (TPSA) is 64.1 Å². The maximum absolute atomic E-state index is 12.4. The predicted octanol–water partition coefficient (Wildman–Crippen LogP) is -0.0860. The maximum Gasteiger partial charge on any atom is 0.236 e. The summed E-state index contributed by atoms with van der Waals surface area (Å²) in [5, 5.41) is 9.49. The van der Waals surface area contributed by atoms with Crippen LogP contribution in [0, 0.1) is 0 Å². The molecular weight excluding hydrogens is 270 g/mol. The monoisotopic (exact) mass is 297 g/mol. The van der Waals surface area contributed by atoms with E-state index in [1.807, 2.05) is 4.90 Å². The van der Waals surface area contributed by atoms with Crippen LogP contribution < -0.4 is 0 Å². The van der Waals surface area contributed by atoms with Crippen LogP contribution >= 0.6 is 0 Å². The molecule has 6 heteroatoms. The average molecular weight is 297 g/mol. The number of piperazine rings is 1. The van der Waals surface area contributed by atoms with E-state index in [2.05, 4.69) is 4.90 Å². The van der Waals surface area contributed by atoms with Crippen molar-refractivity contribution in [3.8, 4) is 0 Å². The Hall–Kier alpha value is -1.14. The first kappa shape index (κ1) is 16.2. The van der Waals surface area contributed by atoms with Crippen molar-refractivity contribution in [2.45, 2.75) is 38.6 Å². The normalized spacial score (nSPS) is 24.8. The Bertz CT molecular complexity index is 367. The minimum atomic E-state index is 0.0787. The summed E-state index contributed by atoms with van der Waals surface area (Å²) in [6.07, 6.45) is 4.38. The van der Waals surface area contributed by atoms with Gasteiger partial charge in [0.05, 0.1) is 13.2 Å². The molecule has 2 aliphatic rings. The molecule has 120 valence electrons. The fraction of sp³-hybridized carbons (Fsp3) is 0.867. The standard InChI is InChI=1S/C15H27N3O3/c1-13(20)16-7-9-17(10-8-16)15(21)11-18-6-4-2-3-5-14(18)12-19/h14,19H,2-12H2,1H3. The van der Waals surface area contributed by atoms with E-state index < -0.39 is 0 Å². The maximum atomic E-state index is 12.4. The summed E-state index contributed by atoms with van der Waals surface area (Å²) in [4.78, 5) is 29.5. The number of hydrogen-bond acceptors (Lipinski definition) is 4. The fourth-order valence-electron chi connectivity index (χ4n) is 3.20. The summed E-state index contributed by atoms with van der Waals surface area (Å²) < 4.78 is 0. The fourth-order valence-corrected chi connectivity index (χ4v) is 3.20. The first-order valence-corrected chi connectivity index (χ1v) is 8.00. The van der Waals surface area contributed by atoms with Crippen LogP contribution in [0.1, 0.15) is 32.6 Å². The first-order valence-electron chi connectivity index (χ1n) is 8.00. The molecule has 0 radical (unpaired) electrons. The quantitative estimate of drug-likeness (QED) is 0.791.